The standard InChI is InChI=1S/C18H21ClN4O2/c1-12-4-3-9-23(11-12)18-20-8-7-16(22-18)21-15-10-13(17(24)25-2)5-6-14(15)19/h5-8,10,12H,3-4,9,11H2,1-2H3,(H,20,21,22). The molecule has 1 aromatic carbocycles. The summed E-state index contributed by atoms with van der Waals surface area (Å²) in [6, 6.07) is 6.71. The number of nitrogens with zero attached hydrogens (tertiary/aromatic N) is 3. The molecule has 6 nitrogen and oxygen atoms in total. The third-order valence-corrected chi connectivity index (χ3v) is 4.56. The molecule has 1 aliphatic rings. The summed E-state index contributed by atoms with van der Waals surface area (Å²) < 4.78 is 4.75. The second kappa shape index (κ2) is 7.70. The molecule has 1 fully saturated rings. The van der Waals surface area contributed by atoms with Crippen LogP contribution in [-0.2, 0) is 4.74 Å². The maximum atomic E-state index is 11.7. The van der Waals surface area contributed by atoms with Crippen LogP contribution in [0.1, 0.15) is 30.1 Å². The quantitative estimate of drug-likeness (QED) is 0.834. The SMILES string of the molecule is COC(=O)c1ccc(Cl)c(Nc2ccnc(N3CCCC(C)C3)n2)c1. The molecule has 2 heterocycles. The van der Waals surface area contributed by atoms with Gasteiger partial charge in [-0.05, 0) is 43.0 Å². The van der Waals surface area contributed by atoms with Crippen molar-refractivity contribution in [1.82, 2.24) is 9.97 Å². The van der Waals surface area contributed by atoms with Gasteiger partial charge in [-0.15, -0.1) is 0 Å². The summed E-state index contributed by atoms with van der Waals surface area (Å²) >= 11 is 6.23. The normalized spacial score (nSPS) is 17.2. The first-order valence-corrected chi connectivity index (χ1v) is 8.67. The van der Waals surface area contributed by atoms with E-state index in [4.69, 9.17) is 16.3 Å². The largest absolute Gasteiger partial charge is 0.465 e. The number of ether oxygens (including phenoxy) is 1. The molecule has 132 valence electrons. The number of rotatable bonds is 4. The average Bonchev–Trinajstić information content (AvgIpc) is 2.63. The number of hydrogen-bond donors (Lipinski definition) is 1. The maximum Gasteiger partial charge on any atom is 0.337 e. The average molecular weight is 361 g/mol. The predicted octanol–water partition coefficient (Wildman–Crippen LogP) is 3.90. The molecule has 0 amide bonds. The van der Waals surface area contributed by atoms with E-state index in [0.717, 1.165) is 19.5 Å². The van der Waals surface area contributed by atoms with Crippen LogP contribution in [0, 0.1) is 5.92 Å². The monoisotopic (exact) mass is 360 g/mol. The van der Waals surface area contributed by atoms with E-state index in [9.17, 15) is 4.79 Å². The van der Waals surface area contributed by atoms with Crippen LogP contribution < -0.4 is 10.2 Å². The Morgan fingerprint density at radius 3 is 3.00 bits per heavy atom. The lowest BCUT2D eigenvalue weighted by molar-refractivity contribution is 0.0601. The fourth-order valence-electron chi connectivity index (χ4n) is 2.95. The number of halogens is 1. The number of esters is 1. The molecular weight excluding hydrogens is 340 g/mol. The summed E-state index contributed by atoms with van der Waals surface area (Å²) in [6.07, 6.45) is 4.11. The molecule has 25 heavy (non-hydrogen) atoms. The van der Waals surface area contributed by atoms with Crippen LogP contribution in [-0.4, -0.2) is 36.1 Å². The van der Waals surface area contributed by atoms with Crippen molar-refractivity contribution < 1.29 is 9.53 Å². The summed E-state index contributed by atoms with van der Waals surface area (Å²) in [5.74, 6) is 1.56. The highest BCUT2D eigenvalue weighted by Crippen LogP contribution is 2.27. The Morgan fingerprint density at radius 1 is 1.40 bits per heavy atom. The van der Waals surface area contributed by atoms with Crippen LogP contribution in [0.25, 0.3) is 0 Å². The molecule has 7 heteroatoms. The molecule has 0 aliphatic carbocycles. The highest BCUT2D eigenvalue weighted by molar-refractivity contribution is 6.33. The van der Waals surface area contributed by atoms with E-state index in [1.807, 2.05) is 0 Å². The summed E-state index contributed by atoms with van der Waals surface area (Å²) in [4.78, 5) is 22.9. The second-order valence-corrected chi connectivity index (χ2v) is 6.65. The van der Waals surface area contributed by atoms with Gasteiger partial charge in [0.1, 0.15) is 5.82 Å². The predicted molar refractivity (Wildman–Crippen MR) is 98.7 cm³/mol. The summed E-state index contributed by atoms with van der Waals surface area (Å²) in [7, 11) is 1.35. The van der Waals surface area contributed by atoms with Crippen molar-refractivity contribution in [2.75, 3.05) is 30.4 Å². The summed E-state index contributed by atoms with van der Waals surface area (Å²) in [5.41, 5.74) is 1.02. The molecule has 1 atom stereocenters. The zero-order valence-corrected chi connectivity index (χ0v) is 15.1. The molecule has 1 unspecified atom stereocenters. The number of aromatic nitrogens is 2. The molecule has 1 aliphatic heterocycles. The van der Waals surface area contributed by atoms with Crippen LogP contribution in [0.15, 0.2) is 30.5 Å². The number of carbonyl (C=O) groups excluding carboxylic acids is 1. The number of nitrogens with one attached hydrogen (secondary N) is 1. The van der Waals surface area contributed by atoms with Gasteiger partial charge in [0.15, 0.2) is 0 Å². The van der Waals surface area contributed by atoms with E-state index >= 15 is 0 Å². The Labute approximate surface area is 152 Å². The Bertz CT molecular complexity index is 768. The van der Waals surface area contributed by atoms with Gasteiger partial charge >= 0.3 is 5.97 Å². The fourth-order valence-corrected chi connectivity index (χ4v) is 3.11. The third-order valence-electron chi connectivity index (χ3n) is 4.23. The van der Waals surface area contributed by atoms with Gasteiger partial charge in [0.25, 0.3) is 0 Å². The minimum atomic E-state index is -0.412. The van der Waals surface area contributed by atoms with E-state index in [0.29, 0.717) is 34.0 Å². The lowest BCUT2D eigenvalue weighted by Crippen LogP contribution is -2.35. The van der Waals surface area contributed by atoms with E-state index in [1.165, 1.54) is 13.5 Å². The first-order valence-electron chi connectivity index (χ1n) is 8.29. The highest BCUT2D eigenvalue weighted by Gasteiger charge is 2.19. The molecule has 1 N–H and O–H groups in total. The van der Waals surface area contributed by atoms with Crippen molar-refractivity contribution in [1.29, 1.82) is 0 Å². The molecule has 2 aromatic rings. The first kappa shape index (κ1) is 17.5. The topological polar surface area (TPSA) is 67.3 Å². The van der Waals surface area contributed by atoms with Gasteiger partial charge in [-0.25, -0.2) is 9.78 Å². The lowest BCUT2D eigenvalue weighted by atomic mass is 10.0. The van der Waals surface area contributed by atoms with Crippen LogP contribution in [0.2, 0.25) is 5.02 Å². The second-order valence-electron chi connectivity index (χ2n) is 6.25. The van der Waals surface area contributed by atoms with E-state index < -0.39 is 5.97 Å². The van der Waals surface area contributed by atoms with Crippen molar-refractivity contribution in [3.63, 3.8) is 0 Å². The van der Waals surface area contributed by atoms with Crippen LogP contribution in [0.3, 0.4) is 0 Å². The number of piperidine rings is 1. The molecule has 3 rings (SSSR count). The minimum absolute atomic E-state index is 0.412. The number of carbonyl (C=O) groups is 1. The molecule has 0 saturated carbocycles. The van der Waals surface area contributed by atoms with Crippen LogP contribution in [0.4, 0.5) is 17.5 Å². The first-order chi connectivity index (χ1) is 12.1. The van der Waals surface area contributed by atoms with E-state index in [2.05, 4.69) is 27.1 Å². The zero-order valence-electron chi connectivity index (χ0n) is 14.3. The number of hydrogen-bond acceptors (Lipinski definition) is 6. The van der Waals surface area contributed by atoms with Crippen LogP contribution in [0.5, 0.6) is 0 Å². The Morgan fingerprint density at radius 2 is 2.24 bits per heavy atom. The minimum Gasteiger partial charge on any atom is -0.465 e. The third kappa shape index (κ3) is 4.20. The van der Waals surface area contributed by atoms with E-state index in [1.54, 1.807) is 30.5 Å². The molecule has 0 spiro atoms. The van der Waals surface area contributed by atoms with Crippen molar-refractivity contribution in [3.05, 3.63) is 41.0 Å². The van der Waals surface area contributed by atoms with Gasteiger partial charge in [-0.3, -0.25) is 0 Å². The van der Waals surface area contributed by atoms with Crippen molar-refractivity contribution in [3.8, 4) is 0 Å². The van der Waals surface area contributed by atoms with Crippen molar-refractivity contribution >= 4 is 35.0 Å². The van der Waals surface area contributed by atoms with E-state index in [-0.39, 0.29) is 0 Å². The van der Waals surface area contributed by atoms with Crippen LogP contribution >= 0.6 is 11.6 Å². The summed E-state index contributed by atoms with van der Waals surface area (Å²) in [6.45, 7) is 4.17. The number of anilines is 3. The molecule has 1 aromatic heterocycles. The van der Waals surface area contributed by atoms with Crippen molar-refractivity contribution in [2.24, 2.45) is 5.92 Å². The smallest absolute Gasteiger partial charge is 0.337 e. The Balaban J connectivity index is 1.81. The molecule has 0 bridgehead atoms. The van der Waals surface area contributed by atoms with Gasteiger partial charge in [-0.1, -0.05) is 18.5 Å². The van der Waals surface area contributed by atoms with Crippen molar-refractivity contribution in [2.45, 2.75) is 19.8 Å². The Kier molecular flexibility index (Phi) is 5.38. The zero-order chi connectivity index (χ0) is 17.8. The molecule has 0 radical (unpaired) electrons. The molecular formula is C18H21ClN4O2. The number of benzene rings is 1. The highest BCUT2D eigenvalue weighted by atomic mass is 35.5. The van der Waals surface area contributed by atoms with Gasteiger partial charge in [-0.2, -0.15) is 4.98 Å². The fraction of sp³-hybridized carbons (Fsp3) is 0.389. The molecule has 1 saturated heterocycles. The lowest BCUT2D eigenvalue weighted by Gasteiger charge is -2.30. The maximum absolute atomic E-state index is 11.7. The Hall–Kier alpha value is -2.34. The van der Waals surface area contributed by atoms with Gasteiger partial charge in [0.05, 0.1) is 23.4 Å². The van der Waals surface area contributed by atoms with Gasteiger partial charge in [0.2, 0.25) is 5.95 Å². The summed E-state index contributed by atoms with van der Waals surface area (Å²) in [5, 5.41) is 3.66. The number of methoxy groups -OCH3 is 1. The van der Waals surface area contributed by atoms with Gasteiger partial charge < -0.3 is 15.0 Å². The van der Waals surface area contributed by atoms with Gasteiger partial charge in [0, 0.05) is 19.3 Å².